The van der Waals surface area contributed by atoms with Gasteiger partial charge in [0.15, 0.2) is 5.82 Å². The van der Waals surface area contributed by atoms with Crippen LogP contribution < -0.4 is 10.1 Å². The van der Waals surface area contributed by atoms with E-state index in [2.05, 4.69) is 15.5 Å². The average molecular weight is 312 g/mol. The third-order valence-corrected chi connectivity index (χ3v) is 3.41. The van der Waals surface area contributed by atoms with Gasteiger partial charge in [-0.25, -0.2) is 0 Å². The molecule has 0 saturated carbocycles. The van der Waals surface area contributed by atoms with Crippen LogP contribution in [0.4, 0.5) is 0 Å². The average Bonchev–Trinajstić information content (AvgIpc) is 3.09. The summed E-state index contributed by atoms with van der Waals surface area (Å²) in [6.07, 6.45) is 0.893. The molecule has 21 heavy (non-hydrogen) atoms. The molecule has 1 fully saturated rings. The van der Waals surface area contributed by atoms with Crippen molar-refractivity contribution in [2.75, 3.05) is 13.7 Å². The van der Waals surface area contributed by atoms with Gasteiger partial charge in [-0.3, -0.25) is 0 Å². The first-order chi connectivity index (χ1) is 9.74. The van der Waals surface area contributed by atoms with Crippen LogP contribution in [0.3, 0.4) is 0 Å². The maximum atomic E-state index is 9.49. The minimum atomic E-state index is -0.336. The lowest BCUT2D eigenvalue weighted by atomic mass is 10.1. The molecular weight excluding hydrogens is 294 g/mol. The number of aliphatic hydroxyl groups excluding tert-OH is 1. The van der Waals surface area contributed by atoms with Crippen LogP contribution in [0.25, 0.3) is 0 Å². The van der Waals surface area contributed by atoms with Gasteiger partial charge in [0.05, 0.1) is 19.3 Å². The van der Waals surface area contributed by atoms with Crippen LogP contribution in [0.5, 0.6) is 5.75 Å². The number of β-amino-alcohol motifs (C(OH)–C–C–N with tert-alkyl or cyclic N) is 1. The Morgan fingerprint density at radius 3 is 2.76 bits per heavy atom. The van der Waals surface area contributed by atoms with E-state index in [-0.39, 0.29) is 24.6 Å². The van der Waals surface area contributed by atoms with Crippen LogP contribution >= 0.6 is 12.4 Å². The van der Waals surface area contributed by atoms with Crippen molar-refractivity contribution in [1.29, 1.82) is 0 Å². The van der Waals surface area contributed by atoms with Gasteiger partial charge in [0.2, 0.25) is 5.89 Å². The first kappa shape index (κ1) is 15.8. The molecule has 1 aliphatic heterocycles. The monoisotopic (exact) mass is 311 g/mol. The molecule has 3 rings (SSSR count). The molecule has 2 aromatic rings. The minimum Gasteiger partial charge on any atom is -0.497 e. The van der Waals surface area contributed by atoms with Gasteiger partial charge in [0.1, 0.15) is 5.75 Å². The van der Waals surface area contributed by atoms with Crippen molar-refractivity contribution in [2.45, 2.75) is 25.0 Å². The molecule has 0 amide bonds. The van der Waals surface area contributed by atoms with Crippen molar-refractivity contribution in [3.63, 3.8) is 0 Å². The second-order valence-electron chi connectivity index (χ2n) is 4.92. The molecule has 2 atom stereocenters. The third-order valence-electron chi connectivity index (χ3n) is 3.41. The number of halogens is 1. The van der Waals surface area contributed by atoms with Gasteiger partial charge >= 0.3 is 0 Å². The fourth-order valence-corrected chi connectivity index (χ4v) is 2.31. The van der Waals surface area contributed by atoms with Crippen molar-refractivity contribution >= 4 is 12.4 Å². The number of rotatable bonds is 4. The van der Waals surface area contributed by atoms with E-state index in [0.29, 0.717) is 31.1 Å². The summed E-state index contributed by atoms with van der Waals surface area (Å²) in [6.45, 7) is 0.570. The second-order valence-corrected chi connectivity index (χ2v) is 4.92. The number of aromatic nitrogens is 2. The lowest BCUT2D eigenvalue weighted by Crippen LogP contribution is -2.15. The zero-order valence-electron chi connectivity index (χ0n) is 11.7. The number of aliphatic hydroxyl groups is 1. The summed E-state index contributed by atoms with van der Waals surface area (Å²) in [6, 6.07) is 7.73. The summed E-state index contributed by atoms with van der Waals surface area (Å²) < 4.78 is 10.4. The van der Waals surface area contributed by atoms with E-state index >= 15 is 0 Å². The predicted molar refractivity (Wildman–Crippen MR) is 78.7 cm³/mol. The Morgan fingerprint density at radius 2 is 2.14 bits per heavy atom. The van der Waals surface area contributed by atoms with Crippen molar-refractivity contribution in [3.8, 4) is 5.75 Å². The highest BCUT2D eigenvalue weighted by atomic mass is 35.5. The van der Waals surface area contributed by atoms with Crippen molar-refractivity contribution in [3.05, 3.63) is 41.5 Å². The fraction of sp³-hybridized carbons (Fsp3) is 0.429. The molecule has 0 aliphatic carbocycles. The fourth-order valence-electron chi connectivity index (χ4n) is 2.31. The van der Waals surface area contributed by atoms with Crippen molar-refractivity contribution in [2.24, 2.45) is 0 Å². The van der Waals surface area contributed by atoms with E-state index in [1.165, 1.54) is 0 Å². The molecule has 1 saturated heterocycles. The molecule has 2 N–H and O–H groups in total. The van der Waals surface area contributed by atoms with Gasteiger partial charge in [-0.15, -0.1) is 12.4 Å². The maximum Gasteiger partial charge on any atom is 0.243 e. The van der Waals surface area contributed by atoms with Crippen LogP contribution in [-0.2, 0) is 6.42 Å². The van der Waals surface area contributed by atoms with Crippen molar-refractivity contribution < 1.29 is 14.4 Å². The highest BCUT2D eigenvalue weighted by molar-refractivity contribution is 5.85. The SMILES string of the molecule is COc1ccc(Cc2noc([C@H]3C[C@@H](O)CN3)n2)cc1.Cl. The van der Waals surface area contributed by atoms with E-state index in [1.54, 1.807) is 7.11 Å². The summed E-state index contributed by atoms with van der Waals surface area (Å²) in [5.74, 6) is 2.02. The number of methoxy groups -OCH3 is 1. The smallest absolute Gasteiger partial charge is 0.243 e. The molecule has 1 aliphatic rings. The lowest BCUT2D eigenvalue weighted by molar-refractivity contribution is 0.191. The van der Waals surface area contributed by atoms with Crippen LogP contribution in [0.2, 0.25) is 0 Å². The zero-order valence-corrected chi connectivity index (χ0v) is 12.5. The normalized spacial score (nSPS) is 21.0. The third kappa shape index (κ3) is 3.72. The Morgan fingerprint density at radius 1 is 1.38 bits per heavy atom. The number of hydrogen-bond acceptors (Lipinski definition) is 6. The van der Waals surface area contributed by atoms with Gasteiger partial charge in [-0.2, -0.15) is 4.98 Å². The maximum absolute atomic E-state index is 9.49. The van der Waals surface area contributed by atoms with Gasteiger partial charge in [0.25, 0.3) is 0 Å². The highest BCUT2D eigenvalue weighted by Gasteiger charge is 2.27. The molecule has 114 valence electrons. The Bertz CT molecular complexity index is 573. The molecule has 0 radical (unpaired) electrons. The van der Waals surface area contributed by atoms with E-state index in [4.69, 9.17) is 9.26 Å². The standard InChI is InChI=1S/C14H17N3O3.ClH/c1-19-11-4-2-9(3-5-11)6-13-16-14(20-17-13)12-7-10(18)8-15-12;/h2-5,10,12,15,18H,6-8H2,1H3;1H/t10-,12-;/m1./s1. The molecule has 0 bridgehead atoms. The Balaban J connectivity index is 0.00000161. The Labute approximate surface area is 128 Å². The molecule has 7 heteroatoms. The number of benzene rings is 1. The van der Waals surface area contributed by atoms with Gasteiger partial charge < -0.3 is 19.7 Å². The van der Waals surface area contributed by atoms with Crippen LogP contribution in [0.1, 0.15) is 29.7 Å². The lowest BCUT2D eigenvalue weighted by Gasteiger charge is -2.02. The van der Waals surface area contributed by atoms with Crippen LogP contribution in [0, 0.1) is 0 Å². The molecule has 0 spiro atoms. The van der Waals surface area contributed by atoms with Gasteiger partial charge in [0, 0.05) is 13.0 Å². The number of ether oxygens (including phenoxy) is 1. The van der Waals surface area contributed by atoms with Gasteiger partial charge in [-0.1, -0.05) is 17.3 Å². The molecule has 1 aromatic heterocycles. The molecular formula is C14H18ClN3O3. The second kappa shape index (κ2) is 6.89. The Hall–Kier alpha value is -1.63. The minimum absolute atomic E-state index is 0. The van der Waals surface area contributed by atoms with E-state index in [9.17, 15) is 5.11 Å². The zero-order chi connectivity index (χ0) is 13.9. The summed E-state index contributed by atoms with van der Waals surface area (Å²) in [4.78, 5) is 4.38. The van der Waals surface area contributed by atoms with Crippen LogP contribution in [-0.4, -0.2) is 35.0 Å². The highest BCUT2D eigenvalue weighted by Crippen LogP contribution is 2.22. The first-order valence-electron chi connectivity index (χ1n) is 6.61. The number of nitrogens with zero attached hydrogens (tertiary/aromatic N) is 2. The number of nitrogens with one attached hydrogen (secondary N) is 1. The molecule has 2 heterocycles. The van der Waals surface area contributed by atoms with E-state index in [1.807, 2.05) is 24.3 Å². The molecule has 1 aromatic carbocycles. The van der Waals surface area contributed by atoms with Crippen LogP contribution in [0.15, 0.2) is 28.8 Å². The predicted octanol–water partition coefficient (Wildman–Crippen LogP) is 1.49. The largest absolute Gasteiger partial charge is 0.497 e. The van der Waals surface area contributed by atoms with Gasteiger partial charge in [-0.05, 0) is 24.1 Å². The first-order valence-corrected chi connectivity index (χ1v) is 6.61. The summed E-state index contributed by atoms with van der Waals surface area (Å²) in [7, 11) is 1.64. The van der Waals surface area contributed by atoms with E-state index in [0.717, 1.165) is 11.3 Å². The summed E-state index contributed by atoms with van der Waals surface area (Å²) in [5.41, 5.74) is 1.09. The number of hydrogen-bond donors (Lipinski definition) is 2. The summed E-state index contributed by atoms with van der Waals surface area (Å²) in [5, 5.41) is 16.6. The summed E-state index contributed by atoms with van der Waals surface area (Å²) >= 11 is 0. The van der Waals surface area contributed by atoms with E-state index < -0.39 is 0 Å². The topological polar surface area (TPSA) is 80.4 Å². The molecule has 6 nitrogen and oxygen atoms in total. The Kier molecular flexibility index (Phi) is 5.17. The quantitative estimate of drug-likeness (QED) is 0.890. The molecule has 0 unspecified atom stereocenters. The van der Waals surface area contributed by atoms with Crippen molar-refractivity contribution in [1.82, 2.24) is 15.5 Å².